The third-order valence-electron chi connectivity index (χ3n) is 4.67. The number of fused-ring (bicyclic) bond motifs is 2. The number of nitrogens with zero attached hydrogens (tertiary/aromatic N) is 1. The molecule has 1 aliphatic rings. The van der Waals surface area contributed by atoms with Gasteiger partial charge >= 0.3 is 0 Å². The van der Waals surface area contributed by atoms with E-state index in [2.05, 4.69) is 53.5 Å². The topological polar surface area (TPSA) is 38.9 Å². The molecule has 0 fully saturated rings. The summed E-state index contributed by atoms with van der Waals surface area (Å²) in [6.07, 6.45) is 5.93. The van der Waals surface area contributed by atoms with Crippen LogP contribution in [0.4, 0.5) is 0 Å². The number of hydrogen-bond donors (Lipinski definition) is 1. The Morgan fingerprint density at radius 1 is 0.952 bits per heavy atom. The smallest absolute Gasteiger partial charge is 0.0349 e. The van der Waals surface area contributed by atoms with Crippen molar-refractivity contribution < 1.29 is 0 Å². The molecule has 0 saturated carbocycles. The van der Waals surface area contributed by atoms with Crippen LogP contribution in [0, 0.1) is 5.92 Å². The monoisotopic (exact) mass is 274 g/mol. The molecule has 2 N–H and O–H groups in total. The fourth-order valence-corrected chi connectivity index (χ4v) is 3.53. The van der Waals surface area contributed by atoms with Crippen molar-refractivity contribution in [1.29, 1.82) is 0 Å². The van der Waals surface area contributed by atoms with Gasteiger partial charge in [-0.05, 0) is 46.9 Å². The van der Waals surface area contributed by atoms with E-state index in [4.69, 9.17) is 5.73 Å². The summed E-state index contributed by atoms with van der Waals surface area (Å²) in [5.41, 5.74) is 10.7. The van der Waals surface area contributed by atoms with Gasteiger partial charge in [0.1, 0.15) is 0 Å². The molecule has 0 spiro atoms. The highest BCUT2D eigenvalue weighted by atomic mass is 14.7. The van der Waals surface area contributed by atoms with Gasteiger partial charge < -0.3 is 5.73 Å². The van der Waals surface area contributed by atoms with Crippen LogP contribution in [0.3, 0.4) is 0 Å². The predicted molar refractivity (Wildman–Crippen MR) is 86.0 cm³/mol. The van der Waals surface area contributed by atoms with Crippen molar-refractivity contribution in [3.05, 3.63) is 77.6 Å². The molecule has 1 aliphatic carbocycles. The Hall–Kier alpha value is -2.19. The molecule has 2 aromatic carbocycles. The molecule has 1 unspecified atom stereocenters. The lowest BCUT2D eigenvalue weighted by molar-refractivity contribution is 0.456. The summed E-state index contributed by atoms with van der Waals surface area (Å²) in [4.78, 5) is 4.27. The minimum atomic E-state index is 0.0605. The molecule has 4 rings (SSSR count). The first-order valence-electron chi connectivity index (χ1n) is 7.48. The predicted octanol–water partition coefficient (Wildman–Crippen LogP) is 3.65. The van der Waals surface area contributed by atoms with Crippen molar-refractivity contribution in [2.24, 2.45) is 11.7 Å². The number of pyridine rings is 1. The molecule has 1 atom stereocenters. The molecular weight excluding hydrogens is 256 g/mol. The van der Waals surface area contributed by atoms with E-state index in [1.165, 1.54) is 27.5 Å². The molecule has 0 amide bonds. The van der Waals surface area contributed by atoms with Gasteiger partial charge in [0.2, 0.25) is 0 Å². The molecule has 1 aromatic heterocycles. The zero-order valence-electron chi connectivity index (χ0n) is 11.9. The highest BCUT2D eigenvalue weighted by Crippen LogP contribution is 2.36. The number of aromatic nitrogens is 1. The SMILES string of the molecule is NC(c1cccc2ccncc12)C1Cc2ccccc2C1. The van der Waals surface area contributed by atoms with E-state index in [0.29, 0.717) is 5.92 Å². The Balaban J connectivity index is 1.71. The molecule has 21 heavy (non-hydrogen) atoms. The van der Waals surface area contributed by atoms with Gasteiger partial charge in [0.15, 0.2) is 0 Å². The average molecular weight is 274 g/mol. The molecule has 2 nitrogen and oxygen atoms in total. The van der Waals surface area contributed by atoms with Gasteiger partial charge in [0, 0.05) is 23.8 Å². The normalized spacial score (nSPS) is 16.0. The second-order valence-electron chi connectivity index (χ2n) is 5.91. The van der Waals surface area contributed by atoms with E-state index < -0.39 is 0 Å². The Morgan fingerprint density at radius 2 is 1.71 bits per heavy atom. The van der Waals surface area contributed by atoms with Crippen LogP contribution in [0.1, 0.15) is 22.7 Å². The average Bonchev–Trinajstić information content (AvgIpc) is 2.97. The highest BCUT2D eigenvalue weighted by Gasteiger charge is 2.27. The summed E-state index contributed by atoms with van der Waals surface area (Å²) in [5, 5.41) is 2.40. The van der Waals surface area contributed by atoms with E-state index in [1.807, 2.05) is 12.4 Å². The van der Waals surface area contributed by atoms with Crippen LogP contribution in [-0.2, 0) is 12.8 Å². The van der Waals surface area contributed by atoms with Crippen molar-refractivity contribution in [2.75, 3.05) is 0 Å². The zero-order valence-corrected chi connectivity index (χ0v) is 11.9. The van der Waals surface area contributed by atoms with Crippen LogP contribution in [-0.4, -0.2) is 4.98 Å². The Bertz CT molecular complexity index is 764. The van der Waals surface area contributed by atoms with Gasteiger partial charge in [-0.1, -0.05) is 42.5 Å². The second-order valence-corrected chi connectivity index (χ2v) is 5.91. The summed E-state index contributed by atoms with van der Waals surface area (Å²) in [5.74, 6) is 0.480. The Morgan fingerprint density at radius 3 is 2.48 bits per heavy atom. The number of nitrogens with two attached hydrogens (primary N) is 1. The van der Waals surface area contributed by atoms with Crippen molar-refractivity contribution in [2.45, 2.75) is 18.9 Å². The summed E-state index contributed by atoms with van der Waals surface area (Å²) < 4.78 is 0. The molecule has 0 saturated heterocycles. The van der Waals surface area contributed by atoms with E-state index in [1.54, 1.807) is 0 Å². The number of benzene rings is 2. The van der Waals surface area contributed by atoms with Gasteiger partial charge in [0.05, 0.1) is 0 Å². The largest absolute Gasteiger partial charge is 0.324 e. The maximum Gasteiger partial charge on any atom is 0.0349 e. The first-order valence-corrected chi connectivity index (χ1v) is 7.48. The summed E-state index contributed by atoms with van der Waals surface area (Å²) in [7, 11) is 0. The molecule has 2 heteroatoms. The molecule has 0 aliphatic heterocycles. The van der Waals surface area contributed by atoms with Gasteiger partial charge in [-0.3, -0.25) is 4.98 Å². The van der Waals surface area contributed by atoms with Gasteiger partial charge in [-0.2, -0.15) is 0 Å². The van der Waals surface area contributed by atoms with Crippen molar-refractivity contribution >= 4 is 10.8 Å². The Labute approximate surface area is 124 Å². The van der Waals surface area contributed by atoms with Gasteiger partial charge in [-0.25, -0.2) is 0 Å². The molecule has 1 heterocycles. The fourth-order valence-electron chi connectivity index (χ4n) is 3.53. The minimum absolute atomic E-state index is 0.0605. The fraction of sp³-hybridized carbons (Fsp3) is 0.211. The maximum absolute atomic E-state index is 6.62. The summed E-state index contributed by atoms with van der Waals surface area (Å²) in [6.45, 7) is 0. The molecule has 3 aromatic rings. The lowest BCUT2D eigenvalue weighted by atomic mass is 9.89. The standard InChI is InChI=1S/C19H18N2/c20-19(16-10-14-4-1-2-5-15(14)11-16)17-7-3-6-13-8-9-21-12-18(13)17/h1-9,12,16,19H,10-11,20H2. The van der Waals surface area contributed by atoms with Crippen LogP contribution < -0.4 is 5.73 Å². The van der Waals surface area contributed by atoms with Crippen molar-refractivity contribution in [3.8, 4) is 0 Å². The van der Waals surface area contributed by atoms with Crippen LogP contribution in [0.25, 0.3) is 10.8 Å². The highest BCUT2D eigenvalue weighted by molar-refractivity contribution is 5.85. The molecule has 0 bridgehead atoms. The second kappa shape index (κ2) is 4.97. The number of hydrogen-bond acceptors (Lipinski definition) is 2. The number of rotatable bonds is 2. The molecule has 104 valence electrons. The van der Waals surface area contributed by atoms with Crippen molar-refractivity contribution in [1.82, 2.24) is 4.98 Å². The van der Waals surface area contributed by atoms with Gasteiger partial charge in [0.25, 0.3) is 0 Å². The first-order chi connectivity index (χ1) is 10.3. The zero-order chi connectivity index (χ0) is 14.2. The van der Waals surface area contributed by atoms with Crippen LogP contribution >= 0.6 is 0 Å². The quantitative estimate of drug-likeness (QED) is 0.774. The molecule has 0 radical (unpaired) electrons. The lowest BCUT2D eigenvalue weighted by Gasteiger charge is -2.21. The van der Waals surface area contributed by atoms with Crippen LogP contribution in [0.2, 0.25) is 0 Å². The first kappa shape index (κ1) is 12.5. The van der Waals surface area contributed by atoms with E-state index in [9.17, 15) is 0 Å². The Kier molecular flexibility index (Phi) is 2.97. The van der Waals surface area contributed by atoms with Crippen LogP contribution in [0.15, 0.2) is 60.9 Å². The lowest BCUT2D eigenvalue weighted by Crippen LogP contribution is -2.22. The maximum atomic E-state index is 6.62. The minimum Gasteiger partial charge on any atom is -0.324 e. The third-order valence-corrected chi connectivity index (χ3v) is 4.67. The van der Waals surface area contributed by atoms with E-state index >= 15 is 0 Å². The van der Waals surface area contributed by atoms with E-state index in [0.717, 1.165) is 12.8 Å². The van der Waals surface area contributed by atoms with E-state index in [-0.39, 0.29) is 6.04 Å². The summed E-state index contributed by atoms with van der Waals surface area (Å²) >= 11 is 0. The molecular formula is C19H18N2. The van der Waals surface area contributed by atoms with Crippen LogP contribution in [0.5, 0.6) is 0 Å². The van der Waals surface area contributed by atoms with Crippen molar-refractivity contribution in [3.63, 3.8) is 0 Å². The third kappa shape index (κ3) is 2.12. The van der Waals surface area contributed by atoms with Gasteiger partial charge in [-0.15, -0.1) is 0 Å². The summed E-state index contributed by atoms with van der Waals surface area (Å²) in [6, 6.07) is 17.2.